The summed E-state index contributed by atoms with van der Waals surface area (Å²) in [5, 5.41) is 3.36. The van der Waals surface area contributed by atoms with Crippen LogP contribution in [0.1, 0.15) is 32.2 Å². The van der Waals surface area contributed by atoms with Gasteiger partial charge in [-0.1, -0.05) is 12.1 Å². The molecule has 0 spiro atoms. The molecule has 0 aliphatic heterocycles. The molecule has 33 heavy (non-hydrogen) atoms. The van der Waals surface area contributed by atoms with Gasteiger partial charge in [-0.3, -0.25) is 9.59 Å². The van der Waals surface area contributed by atoms with E-state index in [9.17, 15) is 9.59 Å². The van der Waals surface area contributed by atoms with Crippen LogP contribution in [0.3, 0.4) is 0 Å². The average molecular weight is 447 g/mol. The summed E-state index contributed by atoms with van der Waals surface area (Å²) in [7, 11) is 4.73. The number of nitrogens with zero attached hydrogens (tertiary/aromatic N) is 1. The lowest BCUT2D eigenvalue weighted by Gasteiger charge is -2.21. The van der Waals surface area contributed by atoms with Gasteiger partial charge in [-0.05, 0) is 48.0 Å². The van der Waals surface area contributed by atoms with Gasteiger partial charge in [0.2, 0.25) is 0 Å². The fourth-order valence-corrected chi connectivity index (χ4v) is 3.73. The van der Waals surface area contributed by atoms with Gasteiger partial charge in [0.05, 0.1) is 32.5 Å². The third kappa shape index (κ3) is 4.55. The molecule has 8 nitrogen and oxygen atoms in total. The Kier molecular flexibility index (Phi) is 6.35. The average Bonchev–Trinajstić information content (AvgIpc) is 3.52. The number of hydrogen-bond acceptors (Lipinski definition) is 5. The van der Waals surface area contributed by atoms with E-state index in [1.54, 1.807) is 62.8 Å². The summed E-state index contributed by atoms with van der Waals surface area (Å²) in [4.78, 5) is 30.2. The van der Waals surface area contributed by atoms with Crippen molar-refractivity contribution in [1.82, 2.24) is 15.2 Å². The Balaban J connectivity index is 1.65. The van der Waals surface area contributed by atoms with Gasteiger partial charge in [-0.15, -0.1) is 0 Å². The SMILES string of the molecule is CNC(=O)c1ccc(CN(Cc2ccco2)C(=O)c2cc3c(OC)c(OC)ccc3[nH]2)cc1. The van der Waals surface area contributed by atoms with Crippen LogP contribution in [0.25, 0.3) is 10.9 Å². The van der Waals surface area contributed by atoms with Crippen molar-refractivity contribution in [1.29, 1.82) is 0 Å². The summed E-state index contributed by atoms with van der Waals surface area (Å²) in [5.74, 6) is 1.46. The Bertz CT molecular complexity index is 1260. The molecule has 0 bridgehead atoms. The summed E-state index contributed by atoms with van der Waals surface area (Å²) in [6.45, 7) is 0.627. The number of furan rings is 1. The van der Waals surface area contributed by atoms with Gasteiger partial charge in [-0.2, -0.15) is 0 Å². The first-order valence-corrected chi connectivity index (χ1v) is 10.4. The van der Waals surface area contributed by atoms with E-state index in [-0.39, 0.29) is 11.8 Å². The smallest absolute Gasteiger partial charge is 0.271 e. The zero-order chi connectivity index (χ0) is 23.4. The van der Waals surface area contributed by atoms with E-state index in [1.165, 1.54) is 0 Å². The van der Waals surface area contributed by atoms with Crippen molar-refractivity contribution in [3.05, 3.63) is 83.4 Å². The van der Waals surface area contributed by atoms with Crippen LogP contribution in [0.15, 0.2) is 65.3 Å². The number of benzene rings is 2. The number of H-pyrrole nitrogens is 1. The number of aromatic nitrogens is 1. The van der Waals surface area contributed by atoms with Crippen LogP contribution in [-0.4, -0.2) is 43.0 Å². The second-order valence-corrected chi connectivity index (χ2v) is 7.46. The standard InChI is InChI=1S/C25H25N3O5/c1-26-24(29)17-8-6-16(7-9-17)14-28(15-18-5-4-12-33-18)25(30)21-13-19-20(27-21)10-11-22(31-2)23(19)32-3/h4-13,27H,14-15H2,1-3H3,(H,26,29). The molecule has 0 radical (unpaired) electrons. The maximum atomic E-state index is 13.5. The third-order valence-corrected chi connectivity index (χ3v) is 5.40. The molecule has 2 aromatic heterocycles. The highest BCUT2D eigenvalue weighted by molar-refractivity contribution is 6.00. The topological polar surface area (TPSA) is 96.8 Å². The van der Waals surface area contributed by atoms with E-state index in [1.807, 2.05) is 24.3 Å². The Labute approximate surface area is 191 Å². The minimum Gasteiger partial charge on any atom is -0.493 e. The van der Waals surface area contributed by atoms with Crippen LogP contribution in [-0.2, 0) is 13.1 Å². The number of hydrogen-bond donors (Lipinski definition) is 2. The first kappa shape index (κ1) is 22.0. The molecule has 8 heteroatoms. The van der Waals surface area contributed by atoms with E-state index in [0.29, 0.717) is 41.6 Å². The molecule has 0 fully saturated rings. The number of methoxy groups -OCH3 is 2. The normalized spacial score (nSPS) is 10.8. The minimum absolute atomic E-state index is 0.160. The highest BCUT2D eigenvalue weighted by Crippen LogP contribution is 2.36. The van der Waals surface area contributed by atoms with Crippen molar-refractivity contribution in [2.24, 2.45) is 0 Å². The van der Waals surface area contributed by atoms with Crippen molar-refractivity contribution in [3.63, 3.8) is 0 Å². The fraction of sp³-hybridized carbons (Fsp3) is 0.200. The number of nitrogens with one attached hydrogen (secondary N) is 2. The number of amides is 2. The van der Waals surface area contributed by atoms with E-state index < -0.39 is 0 Å². The van der Waals surface area contributed by atoms with Gasteiger partial charge in [0.1, 0.15) is 11.5 Å². The van der Waals surface area contributed by atoms with Crippen LogP contribution in [0.4, 0.5) is 0 Å². The monoisotopic (exact) mass is 447 g/mol. The van der Waals surface area contributed by atoms with Gasteiger partial charge in [0, 0.05) is 24.5 Å². The quantitative estimate of drug-likeness (QED) is 0.426. The lowest BCUT2D eigenvalue weighted by molar-refractivity contribution is 0.0712. The van der Waals surface area contributed by atoms with Crippen molar-refractivity contribution in [2.45, 2.75) is 13.1 Å². The second-order valence-electron chi connectivity index (χ2n) is 7.46. The maximum absolute atomic E-state index is 13.5. The number of rotatable bonds is 8. The molecular formula is C25H25N3O5. The first-order chi connectivity index (χ1) is 16.0. The van der Waals surface area contributed by atoms with E-state index >= 15 is 0 Å². The van der Waals surface area contributed by atoms with Gasteiger partial charge in [0.25, 0.3) is 11.8 Å². The lowest BCUT2D eigenvalue weighted by atomic mass is 10.1. The summed E-state index contributed by atoms with van der Waals surface area (Å²) >= 11 is 0. The molecule has 0 saturated heterocycles. The largest absolute Gasteiger partial charge is 0.493 e. The number of ether oxygens (including phenoxy) is 2. The number of carbonyl (C=O) groups is 2. The van der Waals surface area contributed by atoms with Crippen molar-refractivity contribution >= 4 is 22.7 Å². The van der Waals surface area contributed by atoms with E-state index in [0.717, 1.165) is 16.5 Å². The Morgan fingerprint density at radius 1 is 1.03 bits per heavy atom. The molecule has 0 saturated carbocycles. The number of aromatic amines is 1. The molecule has 170 valence electrons. The molecule has 2 aromatic carbocycles. The van der Waals surface area contributed by atoms with Gasteiger partial charge in [-0.25, -0.2) is 0 Å². The Hall–Kier alpha value is -4.20. The molecule has 0 aliphatic carbocycles. The van der Waals surface area contributed by atoms with E-state index in [2.05, 4.69) is 10.3 Å². The first-order valence-electron chi connectivity index (χ1n) is 10.4. The lowest BCUT2D eigenvalue weighted by Crippen LogP contribution is -2.30. The summed E-state index contributed by atoms with van der Waals surface area (Å²) in [6.07, 6.45) is 1.58. The summed E-state index contributed by atoms with van der Waals surface area (Å²) in [6, 6.07) is 16.2. The Morgan fingerprint density at radius 2 is 1.82 bits per heavy atom. The second kappa shape index (κ2) is 9.52. The molecule has 0 unspecified atom stereocenters. The molecule has 2 N–H and O–H groups in total. The molecule has 4 aromatic rings. The van der Waals surface area contributed by atoms with Crippen LogP contribution >= 0.6 is 0 Å². The predicted molar refractivity (Wildman–Crippen MR) is 124 cm³/mol. The van der Waals surface area contributed by atoms with Gasteiger partial charge >= 0.3 is 0 Å². The van der Waals surface area contributed by atoms with Gasteiger partial charge in [0.15, 0.2) is 11.5 Å². The number of fused-ring (bicyclic) bond motifs is 1. The summed E-state index contributed by atoms with van der Waals surface area (Å²) in [5.41, 5.74) is 2.63. The van der Waals surface area contributed by atoms with Crippen LogP contribution in [0, 0.1) is 0 Å². The molecule has 0 atom stereocenters. The Morgan fingerprint density at radius 3 is 2.45 bits per heavy atom. The highest BCUT2D eigenvalue weighted by atomic mass is 16.5. The maximum Gasteiger partial charge on any atom is 0.271 e. The fourth-order valence-electron chi connectivity index (χ4n) is 3.73. The summed E-state index contributed by atoms with van der Waals surface area (Å²) < 4.78 is 16.4. The minimum atomic E-state index is -0.195. The van der Waals surface area contributed by atoms with Crippen LogP contribution in [0.2, 0.25) is 0 Å². The molecule has 0 aliphatic rings. The molecule has 2 amide bonds. The zero-order valence-corrected chi connectivity index (χ0v) is 18.7. The molecular weight excluding hydrogens is 422 g/mol. The van der Waals surface area contributed by atoms with Crippen molar-refractivity contribution in [2.75, 3.05) is 21.3 Å². The highest BCUT2D eigenvalue weighted by Gasteiger charge is 2.22. The van der Waals surface area contributed by atoms with Crippen LogP contribution in [0.5, 0.6) is 11.5 Å². The van der Waals surface area contributed by atoms with Crippen molar-refractivity contribution < 1.29 is 23.5 Å². The number of carbonyl (C=O) groups excluding carboxylic acids is 2. The van der Waals surface area contributed by atoms with Gasteiger partial charge < -0.3 is 29.1 Å². The molecule has 2 heterocycles. The molecule has 4 rings (SSSR count). The predicted octanol–water partition coefficient (Wildman–Crippen LogP) is 3.98. The van der Waals surface area contributed by atoms with Crippen molar-refractivity contribution in [3.8, 4) is 11.5 Å². The zero-order valence-electron chi connectivity index (χ0n) is 18.7. The van der Waals surface area contributed by atoms with Crippen LogP contribution < -0.4 is 14.8 Å². The van der Waals surface area contributed by atoms with E-state index in [4.69, 9.17) is 13.9 Å². The third-order valence-electron chi connectivity index (χ3n) is 5.40.